The number of methoxy groups -OCH3 is 1. The van der Waals surface area contributed by atoms with E-state index in [2.05, 4.69) is 16.6 Å². The van der Waals surface area contributed by atoms with Crippen LogP contribution in [0.5, 0.6) is 0 Å². The number of nitrogens with zero attached hydrogens (tertiary/aromatic N) is 1. The van der Waals surface area contributed by atoms with Crippen molar-refractivity contribution >= 4 is 17.8 Å². The molecule has 6 heteroatoms. The number of esters is 1. The molecule has 6 nitrogen and oxygen atoms in total. The largest absolute Gasteiger partial charge is 0.469 e. The molecule has 0 bridgehead atoms. The van der Waals surface area contributed by atoms with Gasteiger partial charge in [-0.2, -0.15) is 0 Å². The molecule has 0 spiro atoms. The van der Waals surface area contributed by atoms with Crippen LogP contribution >= 0.6 is 0 Å². The predicted molar refractivity (Wildman–Crippen MR) is 104 cm³/mol. The van der Waals surface area contributed by atoms with Gasteiger partial charge in [0, 0.05) is 26.1 Å². The SMILES string of the molecule is C=CC(=O)N(CC)CCCCCCCCCCC(=O)NCCC(=O)OC. The predicted octanol–water partition coefficient (Wildman–Crippen LogP) is 3.21. The van der Waals surface area contributed by atoms with Crippen molar-refractivity contribution in [3.8, 4) is 0 Å². The summed E-state index contributed by atoms with van der Waals surface area (Å²) in [6.45, 7) is 7.41. The van der Waals surface area contributed by atoms with Gasteiger partial charge in [0.1, 0.15) is 0 Å². The minimum Gasteiger partial charge on any atom is -0.469 e. The summed E-state index contributed by atoms with van der Waals surface area (Å²) >= 11 is 0. The van der Waals surface area contributed by atoms with Gasteiger partial charge in [-0.1, -0.05) is 45.1 Å². The number of amides is 2. The van der Waals surface area contributed by atoms with E-state index in [-0.39, 0.29) is 24.2 Å². The number of likely N-dealkylation sites (N-methyl/N-ethyl adjacent to an activating group) is 1. The lowest BCUT2D eigenvalue weighted by molar-refractivity contribution is -0.140. The zero-order chi connectivity index (χ0) is 19.6. The number of rotatable bonds is 16. The van der Waals surface area contributed by atoms with Gasteiger partial charge in [-0.25, -0.2) is 0 Å². The molecule has 0 radical (unpaired) electrons. The van der Waals surface area contributed by atoms with E-state index < -0.39 is 0 Å². The lowest BCUT2D eigenvalue weighted by Crippen LogP contribution is -2.29. The Hall–Kier alpha value is -1.85. The summed E-state index contributed by atoms with van der Waals surface area (Å²) in [5, 5.41) is 2.73. The number of carbonyl (C=O) groups is 3. The third-order valence-corrected chi connectivity index (χ3v) is 4.33. The van der Waals surface area contributed by atoms with E-state index >= 15 is 0 Å². The molecule has 150 valence electrons. The van der Waals surface area contributed by atoms with Crippen molar-refractivity contribution in [3.63, 3.8) is 0 Å². The van der Waals surface area contributed by atoms with Crippen LogP contribution in [0.2, 0.25) is 0 Å². The summed E-state index contributed by atoms with van der Waals surface area (Å²) in [6, 6.07) is 0. The summed E-state index contributed by atoms with van der Waals surface area (Å²) in [7, 11) is 1.34. The molecule has 0 saturated heterocycles. The van der Waals surface area contributed by atoms with Crippen molar-refractivity contribution in [3.05, 3.63) is 12.7 Å². The number of ether oxygens (including phenoxy) is 1. The van der Waals surface area contributed by atoms with Gasteiger partial charge in [0.05, 0.1) is 13.5 Å². The monoisotopic (exact) mass is 368 g/mol. The fraction of sp³-hybridized carbons (Fsp3) is 0.750. The van der Waals surface area contributed by atoms with E-state index in [4.69, 9.17) is 0 Å². The fourth-order valence-corrected chi connectivity index (χ4v) is 2.70. The van der Waals surface area contributed by atoms with Gasteiger partial charge >= 0.3 is 5.97 Å². The van der Waals surface area contributed by atoms with Crippen LogP contribution in [-0.4, -0.2) is 49.4 Å². The van der Waals surface area contributed by atoms with E-state index in [0.29, 0.717) is 13.0 Å². The first-order chi connectivity index (χ1) is 12.5. The normalized spacial score (nSPS) is 10.2. The van der Waals surface area contributed by atoms with Gasteiger partial charge in [0.15, 0.2) is 0 Å². The van der Waals surface area contributed by atoms with Crippen molar-refractivity contribution in [2.45, 2.75) is 71.1 Å². The molecule has 0 aliphatic heterocycles. The highest BCUT2D eigenvalue weighted by Crippen LogP contribution is 2.10. The molecule has 0 aromatic carbocycles. The Labute approximate surface area is 158 Å². The molecular formula is C20H36N2O4. The third-order valence-electron chi connectivity index (χ3n) is 4.33. The van der Waals surface area contributed by atoms with Crippen LogP contribution in [0.25, 0.3) is 0 Å². The molecule has 0 aromatic rings. The van der Waals surface area contributed by atoms with Crippen LogP contribution in [0.3, 0.4) is 0 Å². The first-order valence-electron chi connectivity index (χ1n) is 9.80. The van der Waals surface area contributed by atoms with E-state index in [1.165, 1.54) is 32.4 Å². The van der Waals surface area contributed by atoms with E-state index in [0.717, 1.165) is 45.2 Å². The molecule has 0 heterocycles. The van der Waals surface area contributed by atoms with E-state index in [1.807, 2.05) is 11.8 Å². The Morgan fingerprint density at radius 1 is 0.962 bits per heavy atom. The van der Waals surface area contributed by atoms with Crippen LogP contribution < -0.4 is 5.32 Å². The van der Waals surface area contributed by atoms with Crippen LogP contribution in [0.4, 0.5) is 0 Å². The third kappa shape index (κ3) is 13.4. The second-order valence-corrected chi connectivity index (χ2v) is 6.38. The van der Waals surface area contributed by atoms with Crippen LogP contribution in [-0.2, 0) is 19.1 Å². The molecule has 0 aliphatic carbocycles. The number of carbonyl (C=O) groups excluding carboxylic acids is 3. The maximum atomic E-state index is 11.6. The molecule has 26 heavy (non-hydrogen) atoms. The summed E-state index contributed by atoms with van der Waals surface area (Å²) in [4.78, 5) is 35.8. The zero-order valence-corrected chi connectivity index (χ0v) is 16.6. The maximum Gasteiger partial charge on any atom is 0.307 e. The average molecular weight is 369 g/mol. The standard InChI is InChI=1S/C20H36N2O4/c1-4-19(24)22(5-2)17-13-11-9-7-6-8-10-12-14-18(23)21-16-15-20(25)26-3/h4H,1,5-17H2,2-3H3,(H,21,23). The Bertz CT molecular complexity index is 424. The Morgan fingerprint density at radius 3 is 2.08 bits per heavy atom. The molecule has 1 N–H and O–H groups in total. The molecule has 0 unspecified atom stereocenters. The lowest BCUT2D eigenvalue weighted by Gasteiger charge is -2.18. The first-order valence-corrected chi connectivity index (χ1v) is 9.80. The van der Waals surface area contributed by atoms with E-state index in [1.54, 1.807) is 0 Å². The van der Waals surface area contributed by atoms with Crippen LogP contribution in [0.1, 0.15) is 71.1 Å². The van der Waals surface area contributed by atoms with Crippen molar-refractivity contribution in [1.82, 2.24) is 10.2 Å². The highest BCUT2D eigenvalue weighted by atomic mass is 16.5. The van der Waals surface area contributed by atoms with Gasteiger partial charge in [-0.3, -0.25) is 14.4 Å². The molecule has 0 rings (SSSR count). The summed E-state index contributed by atoms with van der Waals surface area (Å²) in [5.41, 5.74) is 0. The Morgan fingerprint density at radius 2 is 1.54 bits per heavy atom. The van der Waals surface area contributed by atoms with Gasteiger partial charge in [-0.15, -0.1) is 0 Å². The Balaban J connectivity index is 3.40. The van der Waals surface area contributed by atoms with Gasteiger partial charge in [0.2, 0.25) is 11.8 Å². The van der Waals surface area contributed by atoms with Gasteiger partial charge in [0.25, 0.3) is 0 Å². The molecule has 0 fully saturated rings. The summed E-state index contributed by atoms with van der Waals surface area (Å²) in [5.74, 6) is -0.287. The number of nitrogens with one attached hydrogen (secondary N) is 1. The fourth-order valence-electron chi connectivity index (χ4n) is 2.70. The minimum absolute atomic E-state index is 0.00320. The maximum absolute atomic E-state index is 11.6. The zero-order valence-electron chi connectivity index (χ0n) is 16.6. The number of unbranched alkanes of at least 4 members (excludes halogenated alkanes) is 7. The first kappa shape index (κ1) is 24.1. The van der Waals surface area contributed by atoms with Crippen molar-refractivity contribution in [2.24, 2.45) is 0 Å². The molecule has 0 saturated carbocycles. The van der Waals surface area contributed by atoms with Gasteiger partial charge < -0.3 is 15.0 Å². The van der Waals surface area contributed by atoms with E-state index in [9.17, 15) is 14.4 Å². The molecule has 2 amide bonds. The van der Waals surface area contributed by atoms with Crippen molar-refractivity contribution in [2.75, 3.05) is 26.7 Å². The van der Waals surface area contributed by atoms with Gasteiger partial charge in [-0.05, 0) is 25.8 Å². The minimum atomic E-state index is -0.306. The van der Waals surface area contributed by atoms with Crippen molar-refractivity contribution in [1.29, 1.82) is 0 Å². The Kier molecular flexibility index (Phi) is 15.4. The average Bonchev–Trinajstić information content (AvgIpc) is 2.65. The number of hydrogen-bond donors (Lipinski definition) is 1. The van der Waals surface area contributed by atoms with Crippen LogP contribution in [0, 0.1) is 0 Å². The molecule has 0 aromatic heterocycles. The van der Waals surface area contributed by atoms with Crippen molar-refractivity contribution < 1.29 is 19.1 Å². The molecule has 0 aliphatic rings. The molecule has 0 atom stereocenters. The topological polar surface area (TPSA) is 75.7 Å². The number of hydrogen-bond acceptors (Lipinski definition) is 4. The quantitative estimate of drug-likeness (QED) is 0.258. The molecular weight excluding hydrogens is 332 g/mol. The second kappa shape index (κ2) is 16.6. The summed E-state index contributed by atoms with van der Waals surface area (Å²) < 4.78 is 4.51. The highest BCUT2D eigenvalue weighted by molar-refractivity contribution is 5.86. The van der Waals surface area contributed by atoms with Crippen LogP contribution in [0.15, 0.2) is 12.7 Å². The summed E-state index contributed by atoms with van der Waals surface area (Å²) in [6.07, 6.45) is 11.0. The highest BCUT2D eigenvalue weighted by Gasteiger charge is 2.06. The smallest absolute Gasteiger partial charge is 0.307 e. The lowest BCUT2D eigenvalue weighted by atomic mass is 10.1. The second-order valence-electron chi connectivity index (χ2n) is 6.38.